The van der Waals surface area contributed by atoms with Crippen molar-refractivity contribution in [3.63, 3.8) is 0 Å². The number of nitrogens with zero attached hydrogens (tertiary/aromatic N) is 1. The van der Waals surface area contributed by atoms with Crippen LogP contribution in [0.5, 0.6) is 0 Å². The van der Waals surface area contributed by atoms with E-state index in [0.29, 0.717) is 0 Å². The normalized spacial score (nSPS) is 12.0. The summed E-state index contributed by atoms with van der Waals surface area (Å²) < 4.78 is 2.63. The van der Waals surface area contributed by atoms with Crippen molar-refractivity contribution in [1.29, 1.82) is 0 Å². The molecular weight excluding hydrogens is 233 g/mol. The Labute approximate surface area is 87.1 Å². The number of rotatable bonds is 2. The Bertz CT molecular complexity index is 90.2. The van der Waals surface area contributed by atoms with E-state index in [1.807, 2.05) is 0 Å². The summed E-state index contributed by atoms with van der Waals surface area (Å²) in [5.74, 6) is 0. The molecule has 0 fully saturated rings. The molecule has 0 N–H and O–H groups in total. The Morgan fingerprint density at radius 2 is 1.40 bits per heavy atom. The maximum atomic E-state index is 2.63. The van der Waals surface area contributed by atoms with Gasteiger partial charge < -0.3 is 4.23 Å². The van der Waals surface area contributed by atoms with E-state index in [9.17, 15) is 0 Å². The fraction of sp³-hybridized carbons (Fsp3) is 1.00. The molecule has 0 rings (SSSR count). The van der Waals surface area contributed by atoms with Gasteiger partial charge >= 0.3 is 0 Å². The SMILES string of the molecule is CN([SiH](C)C)[Si](C)(C)C.[Zr]. The first-order chi connectivity index (χ1) is 3.85. The van der Waals surface area contributed by atoms with Gasteiger partial charge in [-0.15, -0.1) is 0 Å². The number of hydrogen-bond acceptors (Lipinski definition) is 1. The first kappa shape index (κ1) is 13.8. The average molecular weight is 253 g/mol. The molecule has 0 aromatic carbocycles. The molecule has 10 heavy (non-hydrogen) atoms. The predicted octanol–water partition coefficient (Wildman–Crippen LogP) is 1.73. The third-order valence-electron chi connectivity index (χ3n) is 1.83. The summed E-state index contributed by atoms with van der Waals surface area (Å²) in [4.78, 5) is 0. The second-order valence-corrected chi connectivity index (χ2v) is 12.4. The Morgan fingerprint density at radius 1 is 1.10 bits per heavy atom. The molecule has 1 nitrogen and oxygen atoms in total. The topological polar surface area (TPSA) is 3.24 Å². The fourth-order valence-corrected chi connectivity index (χ4v) is 6.97. The molecule has 0 unspecified atom stereocenters. The van der Waals surface area contributed by atoms with Crippen LogP contribution in [0.1, 0.15) is 0 Å². The quantitative estimate of drug-likeness (QED) is 0.677. The van der Waals surface area contributed by atoms with E-state index in [1.165, 1.54) is 0 Å². The molecule has 4 heteroatoms. The molecular formula is C6H19NSi2Zr. The molecule has 0 aromatic rings. The maximum Gasteiger partial charge on any atom is 0.111 e. The van der Waals surface area contributed by atoms with Crippen LogP contribution >= 0.6 is 0 Å². The van der Waals surface area contributed by atoms with Gasteiger partial charge in [-0.05, 0) is 7.05 Å². The summed E-state index contributed by atoms with van der Waals surface area (Å²) in [5, 5.41) is 0. The van der Waals surface area contributed by atoms with Crippen LogP contribution in [0.15, 0.2) is 0 Å². The molecule has 0 aliphatic heterocycles. The van der Waals surface area contributed by atoms with E-state index in [1.54, 1.807) is 0 Å². The van der Waals surface area contributed by atoms with Crippen LogP contribution in [0, 0.1) is 0 Å². The van der Waals surface area contributed by atoms with Gasteiger partial charge in [0.25, 0.3) is 0 Å². The first-order valence-corrected chi connectivity index (χ1v) is 9.86. The minimum absolute atomic E-state index is 0. The van der Waals surface area contributed by atoms with Crippen molar-refractivity contribution in [2.75, 3.05) is 7.05 Å². The molecule has 0 bridgehead atoms. The van der Waals surface area contributed by atoms with Crippen molar-refractivity contribution in [3.05, 3.63) is 0 Å². The van der Waals surface area contributed by atoms with Crippen LogP contribution in [0.25, 0.3) is 0 Å². The minimum Gasteiger partial charge on any atom is -0.351 e. The summed E-state index contributed by atoms with van der Waals surface area (Å²) >= 11 is 0. The third-order valence-corrected chi connectivity index (χ3v) is 9.37. The Kier molecular flexibility index (Phi) is 6.94. The Morgan fingerprint density at radius 3 is 1.40 bits per heavy atom. The molecule has 0 aliphatic rings. The second kappa shape index (κ2) is 5.02. The van der Waals surface area contributed by atoms with Gasteiger partial charge in [0, 0.05) is 26.2 Å². The zero-order valence-corrected chi connectivity index (χ0v) is 12.6. The Hall–Kier alpha value is 1.28. The van der Waals surface area contributed by atoms with E-state index in [4.69, 9.17) is 0 Å². The molecule has 0 aromatic heterocycles. The predicted molar refractivity (Wildman–Crippen MR) is 50.0 cm³/mol. The second-order valence-electron chi connectivity index (χ2n) is 3.88. The van der Waals surface area contributed by atoms with E-state index in [2.05, 4.69) is 44.0 Å². The van der Waals surface area contributed by atoms with Gasteiger partial charge in [-0.3, -0.25) is 0 Å². The summed E-state index contributed by atoms with van der Waals surface area (Å²) in [6.07, 6.45) is 0. The van der Waals surface area contributed by atoms with Gasteiger partial charge in [0.05, 0.1) is 8.96 Å². The average Bonchev–Trinajstić information content (AvgIpc) is 1.62. The summed E-state index contributed by atoms with van der Waals surface area (Å²) in [5.41, 5.74) is 0. The van der Waals surface area contributed by atoms with Crippen LogP contribution in [-0.2, 0) is 26.2 Å². The zero-order chi connectivity index (χ0) is 7.65. The number of hydrogen-bond donors (Lipinski definition) is 0. The molecule has 0 saturated heterocycles. The molecule has 0 aliphatic carbocycles. The van der Waals surface area contributed by atoms with Crippen LogP contribution in [0.2, 0.25) is 32.7 Å². The molecule has 0 radical (unpaired) electrons. The molecule has 0 spiro atoms. The Balaban J connectivity index is 0. The van der Waals surface area contributed by atoms with Gasteiger partial charge in [0.2, 0.25) is 0 Å². The standard InChI is InChI=1S/C6H19NSi2.Zr/c1-7(8(2)3)9(4,5)6;/h8H,1-6H3;. The third kappa shape index (κ3) is 5.00. The van der Waals surface area contributed by atoms with Crippen LogP contribution in [0.4, 0.5) is 0 Å². The van der Waals surface area contributed by atoms with Crippen molar-refractivity contribution in [1.82, 2.24) is 4.23 Å². The van der Waals surface area contributed by atoms with Crippen LogP contribution in [0.3, 0.4) is 0 Å². The largest absolute Gasteiger partial charge is 0.351 e. The fourth-order valence-electron chi connectivity index (χ4n) is 0.775. The van der Waals surface area contributed by atoms with E-state index >= 15 is 0 Å². The van der Waals surface area contributed by atoms with Crippen molar-refractivity contribution in [3.8, 4) is 0 Å². The van der Waals surface area contributed by atoms with Gasteiger partial charge in [-0.25, -0.2) is 0 Å². The summed E-state index contributed by atoms with van der Waals surface area (Å²) in [6, 6.07) is 0. The van der Waals surface area contributed by atoms with Gasteiger partial charge in [0.1, 0.15) is 8.24 Å². The molecule has 60 valence electrons. The first-order valence-electron chi connectivity index (χ1n) is 3.58. The van der Waals surface area contributed by atoms with Crippen molar-refractivity contribution < 1.29 is 26.2 Å². The molecule has 0 amide bonds. The molecule has 0 heterocycles. The minimum atomic E-state index is -0.929. The van der Waals surface area contributed by atoms with Gasteiger partial charge in [-0.1, -0.05) is 32.7 Å². The van der Waals surface area contributed by atoms with Gasteiger partial charge in [0.15, 0.2) is 0 Å². The van der Waals surface area contributed by atoms with E-state index in [-0.39, 0.29) is 26.2 Å². The van der Waals surface area contributed by atoms with Crippen LogP contribution < -0.4 is 0 Å². The molecule has 0 atom stereocenters. The molecule has 0 saturated carbocycles. The monoisotopic (exact) mass is 251 g/mol. The zero-order valence-electron chi connectivity index (χ0n) is 8.02. The summed E-state index contributed by atoms with van der Waals surface area (Å²) in [7, 11) is 0.858. The van der Waals surface area contributed by atoms with Crippen molar-refractivity contribution in [2.45, 2.75) is 32.7 Å². The summed E-state index contributed by atoms with van der Waals surface area (Å²) in [6.45, 7) is 12.0. The van der Waals surface area contributed by atoms with Crippen LogP contribution in [-0.4, -0.2) is 28.5 Å². The van der Waals surface area contributed by atoms with Crippen molar-refractivity contribution >= 4 is 17.2 Å². The smallest absolute Gasteiger partial charge is 0.111 e. The van der Waals surface area contributed by atoms with Crippen molar-refractivity contribution in [2.24, 2.45) is 0 Å². The van der Waals surface area contributed by atoms with E-state index in [0.717, 1.165) is 0 Å². The van der Waals surface area contributed by atoms with Gasteiger partial charge in [-0.2, -0.15) is 0 Å². The van der Waals surface area contributed by atoms with E-state index < -0.39 is 17.2 Å². The maximum absolute atomic E-state index is 2.63.